The molecule has 2 aromatic heterocycles. The van der Waals surface area contributed by atoms with Gasteiger partial charge in [0.05, 0.1) is 11.9 Å². The molecule has 2 fully saturated rings. The highest BCUT2D eigenvalue weighted by Crippen LogP contribution is 2.32. The smallest absolute Gasteiger partial charge is 0.228 e. The molecular formula is C16H21N5O3S. The maximum Gasteiger partial charge on any atom is 0.228 e. The van der Waals surface area contributed by atoms with Crippen LogP contribution in [0, 0.1) is 5.92 Å². The van der Waals surface area contributed by atoms with Crippen molar-refractivity contribution in [3.05, 3.63) is 18.3 Å². The van der Waals surface area contributed by atoms with Gasteiger partial charge in [0, 0.05) is 49.7 Å². The molecule has 134 valence electrons. The largest absolute Gasteiger partial charge is 0.368 e. The summed E-state index contributed by atoms with van der Waals surface area (Å²) in [5, 5.41) is 3.86. The van der Waals surface area contributed by atoms with Crippen molar-refractivity contribution >= 4 is 38.5 Å². The van der Waals surface area contributed by atoms with Gasteiger partial charge in [-0.3, -0.25) is 4.79 Å². The SMILES string of the molecule is CS(=O)(=O)N1CCN(c2cc(NC(=O)C3CC3)nc3[nH]ccc23)CC1. The lowest BCUT2D eigenvalue weighted by atomic mass is 10.2. The summed E-state index contributed by atoms with van der Waals surface area (Å²) < 4.78 is 24.9. The lowest BCUT2D eigenvalue weighted by Gasteiger charge is -2.35. The van der Waals surface area contributed by atoms with Gasteiger partial charge >= 0.3 is 0 Å². The van der Waals surface area contributed by atoms with E-state index in [9.17, 15) is 13.2 Å². The Morgan fingerprint density at radius 1 is 1.28 bits per heavy atom. The van der Waals surface area contributed by atoms with Crippen molar-refractivity contribution in [1.29, 1.82) is 0 Å². The van der Waals surface area contributed by atoms with Crippen LogP contribution in [0.5, 0.6) is 0 Å². The molecule has 0 unspecified atom stereocenters. The maximum atomic E-state index is 12.0. The monoisotopic (exact) mass is 363 g/mol. The summed E-state index contributed by atoms with van der Waals surface area (Å²) in [6.45, 7) is 2.12. The van der Waals surface area contributed by atoms with Crippen molar-refractivity contribution in [2.24, 2.45) is 5.92 Å². The zero-order valence-corrected chi connectivity index (χ0v) is 14.8. The molecule has 1 aliphatic heterocycles. The van der Waals surface area contributed by atoms with E-state index >= 15 is 0 Å². The molecule has 1 saturated heterocycles. The van der Waals surface area contributed by atoms with E-state index in [2.05, 4.69) is 20.2 Å². The number of hydrogen-bond donors (Lipinski definition) is 2. The van der Waals surface area contributed by atoms with Crippen LogP contribution in [0.15, 0.2) is 18.3 Å². The Labute approximate surface area is 146 Å². The Balaban J connectivity index is 1.60. The normalized spacial score (nSPS) is 19.3. The van der Waals surface area contributed by atoms with Crippen molar-refractivity contribution in [1.82, 2.24) is 14.3 Å². The Bertz CT molecular complexity index is 911. The molecule has 1 saturated carbocycles. The van der Waals surface area contributed by atoms with Gasteiger partial charge in [-0.05, 0) is 18.9 Å². The molecule has 8 nitrogen and oxygen atoms in total. The lowest BCUT2D eigenvalue weighted by molar-refractivity contribution is -0.117. The summed E-state index contributed by atoms with van der Waals surface area (Å²) in [6.07, 6.45) is 4.94. The summed E-state index contributed by atoms with van der Waals surface area (Å²) in [5.74, 6) is 0.668. The number of nitrogens with one attached hydrogen (secondary N) is 2. The number of anilines is 2. The van der Waals surface area contributed by atoms with E-state index in [4.69, 9.17) is 0 Å². The fourth-order valence-corrected chi connectivity index (χ4v) is 4.01. The molecule has 4 rings (SSSR count). The van der Waals surface area contributed by atoms with Crippen LogP contribution in [0.25, 0.3) is 11.0 Å². The van der Waals surface area contributed by atoms with Crippen LogP contribution in [-0.4, -0.2) is 61.0 Å². The van der Waals surface area contributed by atoms with Crippen molar-refractivity contribution in [3.8, 4) is 0 Å². The van der Waals surface area contributed by atoms with E-state index in [0.29, 0.717) is 37.6 Å². The molecule has 0 aromatic carbocycles. The predicted octanol–water partition coefficient (Wildman–Crippen LogP) is 0.993. The van der Waals surface area contributed by atoms with E-state index in [0.717, 1.165) is 23.9 Å². The first-order chi connectivity index (χ1) is 11.9. The van der Waals surface area contributed by atoms with Crippen molar-refractivity contribution in [3.63, 3.8) is 0 Å². The molecule has 1 aliphatic carbocycles. The fraction of sp³-hybridized carbons (Fsp3) is 0.500. The Kier molecular flexibility index (Phi) is 3.92. The maximum absolute atomic E-state index is 12.0. The third-order valence-electron chi connectivity index (χ3n) is 4.75. The molecule has 3 heterocycles. The topological polar surface area (TPSA) is 98.4 Å². The number of rotatable bonds is 4. The first kappa shape index (κ1) is 16.3. The second kappa shape index (κ2) is 5.99. The molecule has 2 N–H and O–H groups in total. The van der Waals surface area contributed by atoms with Crippen molar-refractivity contribution in [2.45, 2.75) is 12.8 Å². The number of pyridine rings is 1. The molecule has 0 atom stereocenters. The molecule has 0 bridgehead atoms. The number of carbonyl (C=O) groups excluding carboxylic acids is 1. The third-order valence-corrected chi connectivity index (χ3v) is 6.06. The second-order valence-electron chi connectivity index (χ2n) is 6.68. The summed E-state index contributed by atoms with van der Waals surface area (Å²) in [7, 11) is -3.16. The van der Waals surface area contributed by atoms with Crippen LogP contribution >= 0.6 is 0 Å². The van der Waals surface area contributed by atoms with Crippen LogP contribution in [0.1, 0.15) is 12.8 Å². The lowest BCUT2D eigenvalue weighted by Crippen LogP contribution is -2.48. The molecule has 0 spiro atoms. The van der Waals surface area contributed by atoms with Crippen LogP contribution < -0.4 is 10.2 Å². The number of sulfonamides is 1. The zero-order valence-electron chi connectivity index (χ0n) is 14.0. The third kappa shape index (κ3) is 3.34. The van der Waals surface area contributed by atoms with Crippen LogP contribution in [0.3, 0.4) is 0 Å². The number of piperazine rings is 1. The molecule has 9 heteroatoms. The summed E-state index contributed by atoms with van der Waals surface area (Å²) in [4.78, 5) is 21.8. The summed E-state index contributed by atoms with van der Waals surface area (Å²) in [6, 6.07) is 3.83. The summed E-state index contributed by atoms with van der Waals surface area (Å²) in [5.41, 5.74) is 1.68. The number of nitrogens with zero attached hydrogens (tertiary/aromatic N) is 3. The highest BCUT2D eigenvalue weighted by Gasteiger charge is 2.30. The van der Waals surface area contributed by atoms with Gasteiger partial charge in [0.1, 0.15) is 11.5 Å². The van der Waals surface area contributed by atoms with E-state index in [1.807, 2.05) is 18.3 Å². The van der Waals surface area contributed by atoms with Gasteiger partial charge in [0.25, 0.3) is 0 Å². The quantitative estimate of drug-likeness (QED) is 0.844. The van der Waals surface area contributed by atoms with E-state index in [1.54, 1.807) is 0 Å². The van der Waals surface area contributed by atoms with Crippen LogP contribution in [0.4, 0.5) is 11.5 Å². The van der Waals surface area contributed by atoms with Gasteiger partial charge in [-0.2, -0.15) is 4.31 Å². The average molecular weight is 363 g/mol. The molecule has 2 aromatic rings. The number of hydrogen-bond acceptors (Lipinski definition) is 5. The molecule has 1 amide bonds. The zero-order chi connectivity index (χ0) is 17.6. The van der Waals surface area contributed by atoms with Gasteiger partial charge < -0.3 is 15.2 Å². The van der Waals surface area contributed by atoms with Crippen molar-refractivity contribution in [2.75, 3.05) is 42.7 Å². The Hall–Kier alpha value is -2.13. The van der Waals surface area contributed by atoms with Gasteiger partial charge in [0.2, 0.25) is 15.9 Å². The predicted molar refractivity (Wildman–Crippen MR) is 96.1 cm³/mol. The number of fused-ring (bicyclic) bond motifs is 1. The minimum Gasteiger partial charge on any atom is -0.368 e. The van der Waals surface area contributed by atoms with E-state index < -0.39 is 10.0 Å². The highest BCUT2D eigenvalue weighted by molar-refractivity contribution is 7.88. The molecular weight excluding hydrogens is 342 g/mol. The minimum atomic E-state index is -3.16. The van der Waals surface area contributed by atoms with Gasteiger partial charge in [-0.15, -0.1) is 0 Å². The Morgan fingerprint density at radius 3 is 2.64 bits per heavy atom. The van der Waals surface area contributed by atoms with E-state index in [-0.39, 0.29) is 11.8 Å². The minimum absolute atomic E-state index is 0.0197. The highest BCUT2D eigenvalue weighted by atomic mass is 32.2. The van der Waals surface area contributed by atoms with Gasteiger partial charge in [0.15, 0.2) is 0 Å². The number of amides is 1. The number of aromatic amines is 1. The van der Waals surface area contributed by atoms with Crippen LogP contribution in [-0.2, 0) is 14.8 Å². The molecule has 0 radical (unpaired) electrons. The number of aromatic nitrogens is 2. The summed E-state index contributed by atoms with van der Waals surface area (Å²) >= 11 is 0. The molecule has 25 heavy (non-hydrogen) atoms. The fourth-order valence-electron chi connectivity index (χ4n) is 3.18. The first-order valence-corrected chi connectivity index (χ1v) is 10.3. The molecule has 2 aliphatic rings. The second-order valence-corrected chi connectivity index (χ2v) is 8.66. The average Bonchev–Trinajstić information content (AvgIpc) is 3.32. The standard InChI is InChI=1S/C16H21N5O3S/c1-25(23,24)21-8-6-20(7-9-21)13-10-14(19-16(22)11-2-3-11)18-15-12(13)4-5-17-15/h4-5,10-11H,2-3,6-9H2,1H3,(H2,17,18,19,22). The number of H-pyrrole nitrogens is 1. The number of carbonyl (C=O) groups is 1. The first-order valence-electron chi connectivity index (χ1n) is 8.41. The van der Waals surface area contributed by atoms with Gasteiger partial charge in [-0.25, -0.2) is 13.4 Å². The van der Waals surface area contributed by atoms with E-state index in [1.165, 1.54) is 10.6 Å². The van der Waals surface area contributed by atoms with Crippen molar-refractivity contribution < 1.29 is 13.2 Å². The van der Waals surface area contributed by atoms with Crippen LogP contribution in [0.2, 0.25) is 0 Å². The Morgan fingerprint density at radius 2 is 2.00 bits per heavy atom. The van der Waals surface area contributed by atoms with Gasteiger partial charge in [-0.1, -0.05) is 0 Å².